The van der Waals surface area contributed by atoms with E-state index in [9.17, 15) is 9.90 Å². The third kappa shape index (κ3) is 4.31. The normalized spacial score (nSPS) is 18.5. The molecule has 0 aromatic heterocycles. The van der Waals surface area contributed by atoms with Crippen LogP contribution in [0.4, 0.5) is 4.79 Å². The van der Waals surface area contributed by atoms with Crippen molar-refractivity contribution in [2.24, 2.45) is 0 Å². The van der Waals surface area contributed by atoms with Crippen LogP contribution in [-0.4, -0.2) is 30.9 Å². The molecule has 2 amide bonds. The zero-order valence-corrected chi connectivity index (χ0v) is 14.4. The summed E-state index contributed by atoms with van der Waals surface area (Å²) in [6.45, 7) is 0.577. The molecule has 5 nitrogen and oxygen atoms in total. The molecule has 0 radical (unpaired) electrons. The Kier molecular flexibility index (Phi) is 5.56. The van der Waals surface area contributed by atoms with Crippen molar-refractivity contribution in [2.45, 2.75) is 31.4 Å². The number of fused-ring (bicyclic) bond motifs is 1. The zero-order valence-electron chi connectivity index (χ0n) is 14.4. The van der Waals surface area contributed by atoms with Gasteiger partial charge in [-0.05, 0) is 41.7 Å². The van der Waals surface area contributed by atoms with Crippen molar-refractivity contribution in [3.05, 3.63) is 65.2 Å². The molecule has 0 heterocycles. The molecule has 0 fully saturated rings. The fourth-order valence-electron chi connectivity index (χ4n) is 3.26. The molecular formula is C20H24N2O3. The number of hydrogen-bond acceptors (Lipinski definition) is 3. The quantitative estimate of drug-likeness (QED) is 0.708. The van der Waals surface area contributed by atoms with Gasteiger partial charge in [-0.2, -0.15) is 0 Å². The Morgan fingerprint density at radius 1 is 1.24 bits per heavy atom. The van der Waals surface area contributed by atoms with Crippen LogP contribution in [0.5, 0.6) is 5.75 Å². The van der Waals surface area contributed by atoms with Crippen molar-refractivity contribution in [1.29, 1.82) is 0 Å². The Bertz CT molecular complexity index is 732. The second kappa shape index (κ2) is 8.03. The van der Waals surface area contributed by atoms with Crippen molar-refractivity contribution in [1.82, 2.24) is 10.6 Å². The van der Waals surface area contributed by atoms with Crippen molar-refractivity contribution in [2.75, 3.05) is 13.7 Å². The molecule has 3 rings (SSSR count). The van der Waals surface area contributed by atoms with E-state index in [0.29, 0.717) is 13.0 Å². The summed E-state index contributed by atoms with van der Waals surface area (Å²) in [5, 5.41) is 15.9. The van der Waals surface area contributed by atoms with E-state index in [4.69, 9.17) is 4.74 Å². The summed E-state index contributed by atoms with van der Waals surface area (Å²) in [6.07, 6.45) is 1.72. The number of benzene rings is 2. The minimum absolute atomic E-state index is 0.244. The number of rotatable bonds is 6. The number of nitrogens with one attached hydrogen (secondary N) is 2. The van der Waals surface area contributed by atoms with Crippen LogP contribution in [0.1, 0.15) is 29.2 Å². The molecule has 25 heavy (non-hydrogen) atoms. The van der Waals surface area contributed by atoms with Crippen LogP contribution in [-0.2, 0) is 12.8 Å². The Morgan fingerprint density at radius 2 is 2.08 bits per heavy atom. The predicted octanol–water partition coefficient (Wildman–Crippen LogP) is 2.59. The monoisotopic (exact) mass is 340 g/mol. The zero-order chi connectivity index (χ0) is 17.6. The van der Waals surface area contributed by atoms with Crippen LogP contribution in [0.2, 0.25) is 0 Å². The largest absolute Gasteiger partial charge is 0.497 e. The highest BCUT2D eigenvalue weighted by atomic mass is 16.5. The molecule has 1 aliphatic carbocycles. The molecule has 1 aliphatic rings. The van der Waals surface area contributed by atoms with E-state index in [2.05, 4.69) is 16.7 Å². The maximum absolute atomic E-state index is 12.1. The molecule has 0 bridgehead atoms. The summed E-state index contributed by atoms with van der Waals surface area (Å²) in [5.74, 6) is 0.845. The van der Waals surface area contributed by atoms with Crippen LogP contribution in [0.25, 0.3) is 0 Å². The first-order valence-electron chi connectivity index (χ1n) is 8.60. The number of amides is 2. The van der Waals surface area contributed by atoms with Gasteiger partial charge >= 0.3 is 6.03 Å². The van der Waals surface area contributed by atoms with Gasteiger partial charge in [-0.1, -0.05) is 36.4 Å². The van der Waals surface area contributed by atoms with Gasteiger partial charge in [0.2, 0.25) is 0 Å². The smallest absolute Gasteiger partial charge is 0.315 e. The van der Waals surface area contributed by atoms with Crippen molar-refractivity contribution < 1.29 is 14.6 Å². The molecule has 0 saturated carbocycles. The maximum atomic E-state index is 12.1. The molecule has 0 aliphatic heterocycles. The summed E-state index contributed by atoms with van der Waals surface area (Å²) < 4.78 is 5.21. The molecule has 0 saturated heterocycles. The highest BCUT2D eigenvalue weighted by Crippen LogP contribution is 2.30. The highest BCUT2D eigenvalue weighted by molar-refractivity contribution is 5.74. The summed E-state index contributed by atoms with van der Waals surface area (Å²) in [7, 11) is 1.65. The molecule has 132 valence electrons. The standard InChI is InChI=1S/C20H24N2O3/c1-25-16-9-4-6-14(12-16)7-5-11-21-20(24)22-19-17-10-3-2-8-15(17)13-18(19)23/h2-4,6,8-10,12,18-19,23H,5,7,11,13H2,1H3,(H2,21,22,24). The van der Waals surface area contributed by atoms with Crippen LogP contribution in [0, 0.1) is 0 Å². The van der Waals surface area contributed by atoms with Crippen LogP contribution < -0.4 is 15.4 Å². The van der Waals surface area contributed by atoms with Gasteiger partial charge in [-0.25, -0.2) is 4.79 Å². The molecule has 2 unspecified atom stereocenters. The number of carbonyl (C=O) groups excluding carboxylic acids is 1. The number of urea groups is 1. The van der Waals surface area contributed by atoms with Gasteiger partial charge in [-0.15, -0.1) is 0 Å². The number of aryl methyl sites for hydroxylation is 1. The maximum Gasteiger partial charge on any atom is 0.315 e. The van der Waals surface area contributed by atoms with E-state index >= 15 is 0 Å². The first-order valence-corrected chi connectivity index (χ1v) is 8.60. The van der Waals surface area contributed by atoms with Crippen LogP contribution in [0.3, 0.4) is 0 Å². The van der Waals surface area contributed by atoms with Gasteiger partial charge in [0.1, 0.15) is 5.75 Å². The Balaban J connectivity index is 1.44. The third-order valence-corrected chi connectivity index (χ3v) is 4.55. The van der Waals surface area contributed by atoms with E-state index in [0.717, 1.165) is 29.7 Å². The van der Waals surface area contributed by atoms with E-state index < -0.39 is 6.10 Å². The average Bonchev–Trinajstić information content (AvgIpc) is 2.94. The second-order valence-electron chi connectivity index (χ2n) is 6.30. The van der Waals surface area contributed by atoms with Crippen molar-refractivity contribution >= 4 is 6.03 Å². The number of aliphatic hydroxyl groups is 1. The first kappa shape index (κ1) is 17.3. The second-order valence-corrected chi connectivity index (χ2v) is 6.30. The first-order chi connectivity index (χ1) is 12.2. The number of methoxy groups -OCH3 is 1. The lowest BCUT2D eigenvalue weighted by Gasteiger charge is -2.18. The van der Waals surface area contributed by atoms with Gasteiger partial charge in [0, 0.05) is 13.0 Å². The third-order valence-electron chi connectivity index (χ3n) is 4.55. The fraction of sp³-hybridized carbons (Fsp3) is 0.350. The van der Waals surface area contributed by atoms with E-state index in [1.165, 1.54) is 5.56 Å². The molecule has 2 atom stereocenters. The van der Waals surface area contributed by atoms with Crippen molar-refractivity contribution in [3.8, 4) is 5.75 Å². The summed E-state index contributed by atoms with van der Waals surface area (Å²) in [6, 6.07) is 15.2. The lowest BCUT2D eigenvalue weighted by Crippen LogP contribution is -2.41. The van der Waals surface area contributed by atoms with Gasteiger partial charge in [0.05, 0.1) is 19.3 Å². The van der Waals surface area contributed by atoms with Crippen LogP contribution in [0.15, 0.2) is 48.5 Å². The molecular weight excluding hydrogens is 316 g/mol. The molecule has 5 heteroatoms. The Morgan fingerprint density at radius 3 is 2.92 bits per heavy atom. The molecule has 3 N–H and O–H groups in total. The lowest BCUT2D eigenvalue weighted by atomic mass is 10.1. The van der Waals surface area contributed by atoms with Gasteiger partial charge in [-0.3, -0.25) is 0 Å². The summed E-state index contributed by atoms with van der Waals surface area (Å²) in [4.78, 5) is 12.1. The summed E-state index contributed by atoms with van der Waals surface area (Å²) >= 11 is 0. The van der Waals surface area contributed by atoms with E-state index in [1.54, 1.807) is 7.11 Å². The number of hydrogen-bond donors (Lipinski definition) is 3. The predicted molar refractivity (Wildman–Crippen MR) is 96.7 cm³/mol. The van der Waals surface area contributed by atoms with E-state index in [1.807, 2.05) is 42.5 Å². The lowest BCUT2D eigenvalue weighted by molar-refractivity contribution is 0.142. The average molecular weight is 340 g/mol. The Labute approximate surface area is 148 Å². The van der Waals surface area contributed by atoms with Gasteiger partial charge < -0.3 is 20.5 Å². The number of carbonyl (C=O) groups is 1. The highest BCUT2D eigenvalue weighted by Gasteiger charge is 2.31. The fourth-order valence-corrected chi connectivity index (χ4v) is 3.26. The molecule has 0 spiro atoms. The van der Waals surface area contributed by atoms with Gasteiger partial charge in [0.15, 0.2) is 0 Å². The van der Waals surface area contributed by atoms with Crippen molar-refractivity contribution in [3.63, 3.8) is 0 Å². The number of ether oxygens (including phenoxy) is 1. The van der Waals surface area contributed by atoms with Gasteiger partial charge in [0.25, 0.3) is 0 Å². The minimum Gasteiger partial charge on any atom is -0.497 e. The van der Waals surface area contributed by atoms with E-state index in [-0.39, 0.29) is 12.1 Å². The SMILES string of the molecule is COc1cccc(CCCNC(=O)NC2c3ccccc3CC2O)c1. The molecule has 2 aromatic rings. The number of aliphatic hydroxyl groups excluding tert-OH is 1. The topological polar surface area (TPSA) is 70.6 Å². The molecule has 2 aromatic carbocycles. The minimum atomic E-state index is -0.570. The Hall–Kier alpha value is -2.53. The van der Waals surface area contributed by atoms with Crippen LogP contribution >= 0.6 is 0 Å². The summed E-state index contributed by atoms with van der Waals surface area (Å²) in [5.41, 5.74) is 3.28.